The molecule has 0 fully saturated rings. The predicted octanol–water partition coefficient (Wildman–Crippen LogP) is 3.31. The van der Waals surface area contributed by atoms with Crippen molar-refractivity contribution in [2.45, 2.75) is 6.54 Å². The maximum atomic E-state index is 12.5. The van der Waals surface area contributed by atoms with Crippen LogP contribution in [-0.4, -0.2) is 39.5 Å². The molecule has 1 aromatic heterocycles. The number of rotatable bonds is 8. The zero-order valence-electron chi connectivity index (χ0n) is 16.6. The highest BCUT2D eigenvalue weighted by Gasteiger charge is 2.13. The summed E-state index contributed by atoms with van der Waals surface area (Å²) in [7, 11) is 6.20. The summed E-state index contributed by atoms with van der Waals surface area (Å²) in [5.41, 5.74) is 1.79. The van der Waals surface area contributed by atoms with Gasteiger partial charge in [0.25, 0.3) is 5.91 Å². The molecule has 0 aliphatic carbocycles. The molecule has 0 radical (unpaired) electrons. The van der Waals surface area contributed by atoms with Crippen LogP contribution >= 0.6 is 0 Å². The van der Waals surface area contributed by atoms with E-state index in [-0.39, 0.29) is 12.5 Å². The average Bonchev–Trinajstić information content (AvgIpc) is 3.25. The van der Waals surface area contributed by atoms with Gasteiger partial charge in [0.2, 0.25) is 0 Å². The fourth-order valence-electron chi connectivity index (χ4n) is 2.73. The molecule has 0 spiro atoms. The summed E-state index contributed by atoms with van der Waals surface area (Å²) >= 11 is 0. The first-order valence-electron chi connectivity index (χ1n) is 8.77. The third kappa shape index (κ3) is 4.60. The van der Waals surface area contributed by atoms with Gasteiger partial charge in [-0.15, -0.1) is 0 Å². The Balaban J connectivity index is 1.70. The molecule has 0 aliphatic heterocycles. The smallest absolute Gasteiger partial charge is 0.251 e. The van der Waals surface area contributed by atoms with Gasteiger partial charge >= 0.3 is 0 Å². The normalized spacial score (nSPS) is 10.3. The summed E-state index contributed by atoms with van der Waals surface area (Å²) in [6, 6.07) is 12.1. The summed E-state index contributed by atoms with van der Waals surface area (Å²) < 4.78 is 26.3. The van der Waals surface area contributed by atoms with Crippen LogP contribution in [0.1, 0.15) is 16.1 Å². The van der Waals surface area contributed by atoms with Gasteiger partial charge in [-0.3, -0.25) is 4.79 Å². The summed E-state index contributed by atoms with van der Waals surface area (Å²) in [6.07, 6.45) is 0. The summed E-state index contributed by atoms with van der Waals surface area (Å²) in [5.74, 6) is 2.55. The molecule has 1 N–H and O–H groups in total. The molecule has 1 heterocycles. The molecule has 0 unspecified atom stereocenters. The van der Waals surface area contributed by atoms with Gasteiger partial charge < -0.3 is 28.8 Å². The first-order valence-corrected chi connectivity index (χ1v) is 8.77. The van der Waals surface area contributed by atoms with Crippen molar-refractivity contribution in [3.05, 3.63) is 53.7 Å². The van der Waals surface area contributed by atoms with Crippen molar-refractivity contribution in [1.29, 1.82) is 0 Å². The van der Waals surface area contributed by atoms with E-state index in [0.717, 1.165) is 5.56 Å². The van der Waals surface area contributed by atoms with E-state index < -0.39 is 0 Å². The number of benzene rings is 2. The molecule has 0 atom stereocenters. The van der Waals surface area contributed by atoms with Crippen molar-refractivity contribution in [1.82, 2.24) is 10.5 Å². The number of carbonyl (C=O) groups is 1. The standard InChI is InChI=1S/C21H22N2O6/c1-25-16-7-14(8-17(11-16)26-2)21(24)22-12-15-10-19(29-23-15)13-5-6-18(27-3)20(9-13)28-4/h5-11H,12H2,1-4H3,(H,22,24). The molecule has 0 saturated heterocycles. The minimum atomic E-state index is -0.280. The van der Waals surface area contributed by atoms with Crippen LogP contribution in [0.3, 0.4) is 0 Å². The lowest BCUT2D eigenvalue weighted by Crippen LogP contribution is -2.23. The Morgan fingerprint density at radius 1 is 0.897 bits per heavy atom. The topological polar surface area (TPSA) is 92.1 Å². The lowest BCUT2D eigenvalue weighted by molar-refractivity contribution is 0.0949. The van der Waals surface area contributed by atoms with Gasteiger partial charge in [0.1, 0.15) is 17.2 Å². The van der Waals surface area contributed by atoms with E-state index in [1.54, 1.807) is 50.6 Å². The molecular formula is C21H22N2O6. The number of ether oxygens (including phenoxy) is 4. The first kappa shape index (κ1) is 20.1. The Labute approximate surface area is 168 Å². The van der Waals surface area contributed by atoms with Crippen LogP contribution in [0, 0.1) is 0 Å². The minimum Gasteiger partial charge on any atom is -0.497 e. The average molecular weight is 398 g/mol. The van der Waals surface area contributed by atoms with E-state index in [1.807, 2.05) is 6.07 Å². The lowest BCUT2D eigenvalue weighted by atomic mass is 10.1. The van der Waals surface area contributed by atoms with E-state index >= 15 is 0 Å². The summed E-state index contributed by atoms with van der Waals surface area (Å²) in [6.45, 7) is 0.204. The van der Waals surface area contributed by atoms with Gasteiger partial charge in [-0.25, -0.2) is 0 Å². The highest BCUT2D eigenvalue weighted by atomic mass is 16.5. The zero-order valence-corrected chi connectivity index (χ0v) is 16.6. The Hall–Kier alpha value is -3.68. The molecule has 8 nitrogen and oxygen atoms in total. The predicted molar refractivity (Wildman–Crippen MR) is 106 cm³/mol. The van der Waals surface area contributed by atoms with Crippen molar-refractivity contribution in [2.75, 3.05) is 28.4 Å². The maximum Gasteiger partial charge on any atom is 0.251 e. The molecule has 0 aliphatic rings. The number of hydrogen-bond donors (Lipinski definition) is 1. The first-order chi connectivity index (χ1) is 14.1. The molecule has 0 bridgehead atoms. The number of carbonyl (C=O) groups excluding carboxylic acids is 1. The second-order valence-electron chi connectivity index (χ2n) is 6.04. The third-order valence-electron chi connectivity index (χ3n) is 4.27. The summed E-state index contributed by atoms with van der Waals surface area (Å²) in [5, 5.41) is 6.82. The van der Waals surface area contributed by atoms with E-state index in [2.05, 4.69) is 10.5 Å². The zero-order chi connectivity index (χ0) is 20.8. The summed E-state index contributed by atoms with van der Waals surface area (Å²) in [4.78, 5) is 12.5. The van der Waals surface area contributed by atoms with Gasteiger partial charge in [0.05, 0.1) is 35.0 Å². The number of aromatic nitrogens is 1. The van der Waals surface area contributed by atoms with E-state index in [9.17, 15) is 4.79 Å². The van der Waals surface area contributed by atoms with Crippen molar-refractivity contribution in [3.8, 4) is 34.3 Å². The quantitative estimate of drug-likeness (QED) is 0.622. The monoisotopic (exact) mass is 398 g/mol. The van der Waals surface area contributed by atoms with Crippen LogP contribution in [-0.2, 0) is 6.54 Å². The SMILES string of the molecule is COc1cc(OC)cc(C(=O)NCc2cc(-c3ccc(OC)c(OC)c3)on2)c1. The fourth-order valence-corrected chi connectivity index (χ4v) is 2.73. The molecule has 29 heavy (non-hydrogen) atoms. The molecule has 152 valence electrons. The Bertz CT molecular complexity index is 976. The molecule has 8 heteroatoms. The number of methoxy groups -OCH3 is 4. The van der Waals surface area contributed by atoms with Crippen LogP contribution in [0.25, 0.3) is 11.3 Å². The maximum absolute atomic E-state index is 12.5. The van der Waals surface area contributed by atoms with Gasteiger partial charge in [0, 0.05) is 23.3 Å². The molecule has 0 saturated carbocycles. The number of hydrogen-bond acceptors (Lipinski definition) is 7. The molecular weight excluding hydrogens is 376 g/mol. The molecule has 3 aromatic rings. The minimum absolute atomic E-state index is 0.204. The second kappa shape index (κ2) is 9.01. The highest BCUT2D eigenvalue weighted by Crippen LogP contribution is 2.32. The highest BCUT2D eigenvalue weighted by molar-refractivity contribution is 5.95. The van der Waals surface area contributed by atoms with Crippen LogP contribution in [0.2, 0.25) is 0 Å². The van der Waals surface area contributed by atoms with E-state index in [4.69, 9.17) is 23.5 Å². The van der Waals surface area contributed by atoms with E-state index in [0.29, 0.717) is 40.0 Å². The van der Waals surface area contributed by atoms with Crippen molar-refractivity contribution < 1.29 is 28.3 Å². The second-order valence-corrected chi connectivity index (χ2v) is 6.04. The molecule has 2 aromatic carbocycles. The van der Waals surface area contributed by atoms with Crippen LogP contribution in [0.15, 0.2) is 47.0 Å². The Morgan fingerprint density at radius 3 is 2.21 bits per heavy atom. The lowest BCUT2D eigenvalue weighted by Gasteiger charge is -2.08. The molecule has 3 rings (SSSR count). The number of nitrogens with one attached hydrogen (secondary N) is 1. The van der Waals surface area contributed by atoms with Crippen LogP contribution < -0.4 is 24.3 Å². The Kier molecular flexibility index (Phi) is 6.23. The van der Waals surface area contributed by atoms with Gasteiger partial charge in [-0.1, -0.05) is 5.16 Å². The number of nitrogens with zero attached hydrogens (tertiary/aromatic N) is 1. The van der Waals surface area contributed by atoms with Crippen molar-refractivity contribution in [2.24, 2.45) is 0 Å². The van der Waals surface area contributed by atoms with Crippen molar-refractivity contribution >= 4 is 5.91 Å². The number of amides is 1. The molecule has 1 amide bonds. The third-order valence-corrected chi connectivity index (χ3v) is 4.27. The van der Waals surface area contributed by atoms with Gasteiger partial charge in [-0.2, -0.15) is 0 Å². The van der Waals surface area contributed by atoms with Crippen LogP contribution in [0.5, 0.6) is 23.0 Å². The Morgan fingerprint density at radius 2 is 1.59 bits per heavy atom. The van der Waals surface area contributed by atoms with Crippen LogP contribution in [0.4, 0.5) is 0 Å². The van der Waals surface area contributed by atoms with Gasteiger partial charge in [0.15, 0.2) is 17.3 Å². The van der Waals surface area contributed by atoms with E-state index in [1.165, 1.54) is 14.2 Å². The largest absolute Gasteiger partial charge is 0.497 e. The van der Waals surface area contributed by atoms with Crippen molar-refractivity contribution in [3.63, 3.8) is 0 Å². The fraction of sp³-hybridized carbons (Fsp3) is 0.238. The van der Waals surface area contributed by atoms with Gasteiger partial charge in [-0.05, 0) is 30.3 Å².